The van der Waals surface area contributed by atoms with Gasteiger partial charge in [-0.15, -0.1) is 0 Å². The molecule has 0 radical (unpaired) electrons. The maximum absolute atomic E-state index is 13.6. The van der Waals surface area contributed by atoms with E-state index in [0.717, 1.165) is 25.6 Å². The van der Waals surface area contributed by atoms with Crippen molar-refractivity contribution in [3.05, 3.63) is 95.4 Å². The molecule has 0 spiro atoms. The van der Waals surface area contributed by atoms with Gasteiger partial charge in [0, 0.05) is 44.6 Å². The molecule has 1 atom stereocenters. The molecular weight excluding hydrogens is 438 g/mol. The van der Waals surface area contributed by atoms with Crippen molar-refractivity contribution in [2.45, 2.75) is 19.1 Å². The van der Waals surface area contributed by atoms with Crippen LogP contribution in [0.2, 0.25) is 0 Å². The van der Waals surface area contributed by atoms with Gasteiger partial charge in [-0.3, -0.25) is 9.69 Å². The molecule has 0 bridgehead atoms. The van der Waals surface area contributed by atoms with E-state index >= 15 is 0 Å². The molecule has 1 amide bonds. The van der Waals surface area contributed by atoms with Crippen LogP contribution in [-0.2, 0) is 13.0 Å². The average Bonchev–Trinajstić information content (AvgIpc) is 3.25. The summed E-state index contributed by atoms with van der Waals surface area (Å²) in [6.45, 7) is 2.23. The Morgan fingerprint density at radius 3 is 2.59 bits per heavy atom. The molecule has 4 aromatic rings. The number of β-amino-alcohol motifs (C(OH)–C–C–N with tert-alkyl or cyclic N) is 1. The molecule has 1 aliphatic rings. The number of halogens is 2. The van der Waals surface area contributed by atoms with Crippen LogP contribution in [0.25, 0.3) is 16.8 Å². The molecule has 1 aliphatic heterocycles. The van der Waals surface area contributed by atoms with Crippen molar-refractivity contribution in [3.8, 4) is 11.1 Å². The first-order valence-corrected chi connectivity index (χ1v) is 11.2. The summed E-state index contributed by atoms with van der Waals surface area (Å²) in [6, 6.07) is 15.0. The Balaban J connectivity index is 1.21. The normalized spacial score (nSPS) is 14.7. The molecule has 0 saturated carbocycles. The number of nitrogens with one attached hydrogen (secondary N) is 1. The van der Waals surface area contributed by atoms with Crippen LogP contribution in [0.1, 0.15) is 21.6 Å². The number of carbonyl (C=O) groups excluding carboxylic acids is 1. The highest BCUT2D eigenvalue weighted by Crippen LogP contribution is 2.23. The molecule has 34 heavy (non-hydrogen) atoms. The van der Waals surface area contributed by atoms with E-state index in [2.05, 4.69) is 27.3 Å². The molecule has 0 saturated heterocycles. The van der Waals surface area contributed by atoms with Gasteiger partial charge in [-0.2, -0.15) is 0 Å². The van der Waals surface area contributed by atoms with Gasteiger partial charge in [0.25, 0.3) is 5.91 Å². The van der Waals surface area contributed by atoms with Crippen LogP contribution in [0, 0.1) is 11.6 Å². The van der Waals surface area contributed by atoms with Crippen LogP contribution in [0.15, 0.2) is 67.0 Å². The summed E-state index contributed by atoms with van der Waals surface area (Å²) >= 11 is 0. The first-order chi connectivity index (χ1) is 16.4. The molecule has 0 unspecified atom stereocenters. The van der Waals surface area contributed by atoms with Crippen molar-refractivity contribution >= 4 is 11.6 Å². The summed E-state index contributed by atoms with van der Waals surface area (Å²) < 4.78 is 28.8. The summed E-state index contributed by atoms with van der Waals surface area (Å²) in [6.07, 6.45) is 3.45. The number of aliphatic hydroxyl groups excluding tert-OH is 1. The monoisotopic (exact) mass is 462 g/mol. The molecular formula is C26H24F2N4O2. The van der Waals surface area contributed by atoms with Gasteiger partial charge in [-0.25, -0.2) is 13.8 Å². The molecule has 5 rings (SSSR count). The Morgan fingerprint density at radius 2 is 1.79 bits per heavy atom. The highest BCUT2D eigenvalue weighted by Gasteiger charge is 2.19. The Bertz CT molecular complexity index is 1330. The Kier molecular flexibility index (Phi) is 6.08. The average molecular weight is 463 g/mol. The summed E-state index contributed by atoms with van der Waals surface area (Å²) in [5.41, 5.74) is 4.32. The van der Waals surface area contributed by atoms with Crippen molar-refractivity contribution in [3.63, 3.8) is 0 Å². The SMILES string of the molecule is O=C(NC[C@H](O)CN1CCc2ccccc2C1)c1cn2cc(-c3cc(F)cc(F)c3)ccc2n1. The third-order valence-electron chi connectivity index (χ3n) is 6.06. The smallest absolute Gasteiger partial charge is 0.271 e. The summed E-state index contributed by atoms with van der Waals surface area (Å²) in [7, 11) is 0. The predicted octanol–water partition coefficient (Wildman–Crippen LogP) is 3.43. The summed E-state index contributed by atoms with van der Waals surface area (Å²) in [4.78, 5) is 19.1. The first kappa shape index (κ1) is 22.2. The minimum atomic E-state index is -0.708. The fourth-order valence-electron chi connectivity index (χ4n) is 4.37. The second-order valence-electron chi connectivity index (χ2n) is 8.59. The van der Waals surface area contributed by atoms with E-state index in [0.29, 0.717) is 23.3 Å². The minimum Gasteiger partial charge on any atom is -0.390 e. The summed E-state index contributed by atoms with van der Waals surface area (Å²) in [5.74, 6) is -1.72. The molecule has 2 aromatic heterocycles. The maximum Gasteiger partial charge on any atom is 0.271 e. The maximum atomic E-state index is 13.6. The predicted molar refractivity (Wildman–Crippen MR) is 124 cm³/mol. The number of nitrogens with zero attached hydrogens (tertiary/aromatic N) is 3. The number of hydrogen-bond donors (Lipinski definition) is 2. The van der Waals surface area contributed by atoms with Crippen molar-refractivity contribution < 1.29 is 18.7 Å². The number of amides is 1. The Morgan fingerprint density at radius 1 is 1.03 bits per heavy atom. The molecule has 3 heterocycles. The molecule has 174 valence electrons. The number of pyridine rings is 1. The van der Waals surface area contributed by atoms with Gasteiger partial charge < -0.3 is 14.8 Å². The standard InChI is InChI=1S/C26H24F2N4O2/c27-21-9-20(10-22(28)11-21)19-5-6-25-30-24(16-32(25)14-19)26(34)29-12-23(33)15-31-8-7-17-3-1-2-4-18(17)13-31/h1-6,9-11,14,16,23,33H,7-8,12-13,15H2,(H,29,34)/t23-/m0/s1. The van der Waals surface area contributed by atoms with Crippen LogP contribution in [-0.4, -0.2) is 51.0 Å². The quantitative estimate of drug-likeness (QED) is 0.461. The molecule has 2 N–H and O–H groups in total. The van der Waals surface area contributed by atoms with Gasteiger partial charge in [0.05, 0.1) is 6.10 Å². The lowest BCUT2D eigenvalue weighted by atomic mass is 10.00. The van der Waals surface area contributed by atoms with E-state index in [1.54, 1.807) is 28.9 Å². The fourth-order valence-corrected chi connectivity index (χ4v) is 4.37. The number of aromatic nitrogens is 2. The van der Waals surface area contributed by atoms with Crippen LogP contribution in [0.4, 0.5) is 8.78 Å². The molecule has 8 heteroatoms. The molecule has 6 nitrogen and oxygen atoms in total. The highest BCUT2D eigenvalue weighted by atomic mass is 19.1. The van der Waals surface area contributed by atoms with Crippen LogP contribution >= 0.6 is 0 Å². The van der Waals surface area contributed by atoms with Gasteiger partial charge in [-0.1, -0.05) is 24.3 Å². The van der Waals surface area contributed by atoms with Crippen molar-refractivity contribution in [1.82, 2.24) is 19.6 Å². The van der Waals surface area contributed by atoms with E-state index in [1.165, 1.54) is 23.3 Å². The number of aliphatic hydroxyl groups is 1. The molecule has 0 aliphatic carbocycles. The third-order valence-corrected chi connectivity index (χ3v) is 6.06. The zero-order valence-corrected chi connectivity index (χ0v) is 18.4. The zero-order valence-electron chi connectivity index (χ0n) is 18.4. The van der Waals surface area contributed by atoms with Crippen molar-refractivity contribution in [2.24, 2.45) is 0 Å². The zero-order chi connectivity index (χ0) is 23.7. The lowest BCUT2D eigenvalue weighted by Crippen LogP contribution is -2.42. The number of hydrogen-bond acceptors (Lipinski definition) is 4. The fraction of sp³-hybridized carbons (Fsp3) is 0.231. The van der Waals surface area contributed by atoms with E-state index in [-0.39, 0.29) is 12.2 Å². The van der Waals surface area contributed by atoms with Crippen molar-refractivity contribution in [2.75, 3.05) is 19.6 Å². The third kappa shape index (κ3) is 4.83. The number of rotatable bonds is 6. The van der Waals surface area contributed by atoms with E-state index in [1.807, 2.05) is 12.1 Å². The largest absolute Gasteiger partial charge is 0.390 e. The number of benzene rings is 2. The second-order valence-corrected chi connectivity index (χ2v) is 8.59. The van der Waals surface area contributed by atoms with Crippen LogP contribution < -0.4 is 5.32 Å². The minimum absolute atomic E-state index is 0.110. The van der Waals surface area contributed by atoms with Gasteiger partial charge in [0.2, 0.25) is 0 Å². The van der Waals surface area contributed by atoms with E-state index < -0.39 is 23.6 Å². The topological polar surface area (TPSA) is 69.9 Å². The van der Waals surface area contributed by atoms with Crippen molar-refractivity contribution in [1.29, 1.82) is 0 Å². The van der Waals surface area contributed by atoms with Crippen LogP contribution in [0.3, 0.4) is 0 Å². The summed E-state index contributed by atoms with van der Waals surface area (Å²) in [5, 5.41) is 13.2. The van der Waals surface area contributed by atoms with Gasteiger partial charge in [0.1, 0.15) is 23.0 Å². The van der Waals surface area contributed by atoms with Crippen LogP contribution in [0.5, 0.6) is 0 Å². The van der Waals surface area contributed by atoms with Gasteiger partial charge in [-0.05, 0) is 52.9 Å². The molecule has 2 aromatic carbocycles. The first-order valence-electron chi connectivity index (χ1n) is 11.2. The number of carbonyl (C=O) groups is 1. The van der Waals surface area contributed by atoms with Gasteiger partial charge >= 0.3 is 0 Å². The highest BCUT2D eigenvalue weighted by molar-refractivity contribution is 5.93. The number of fused-ring (bicyclic) bond motifs is 2. The lowest BCUT2D eigenvalue weighted by molar-refractivity contribution is 0.0838. The van der Waals surface area contributed by atoms with Gasteiger partial charge in [0.15, 0.2) is 0 Å². The second kappa shape index (κ2) is 9.32. The Labute approximate surface area is 195 Å². The van der Waals surface area contributed by atoms with E-state index in [9.17, 15) is 18.7 Å². The number of imidazole rings is 1. The van der Waals surface area contributed by atoms with E-state index in [4.69, 9.17) is 0 Å². The molecule has 0 fully saturated rings. The lowest BCUT2D eigenvalue weighted by Gasteiger charge is -2.30. The Hall–Kier alpha value is -3.62.